The lowest BCUT2D eigenvalue weighted by molar-refractivity contribution is 0.0698. The fourth-order valence-corrected chi connectivity index (χ4v) is 11.3. The summed E-state index contributed by atoms with van der Waals surface area (Å²) in [4.78, 5) is 18.9. The van der Waals surface area contributed by atoms with E-state index in [1.54, 1.807) is 26.6 Å². The number of rotatable bonds is 20. The first kappa shape index (κ1) is 54.9. The highest BCUT2D eigenvalue weighted by molar-refractivity contribution is 6.36. The van der Waals surface area contributed by atoms with Crippen LogP contribution in [0.25, 0.3) is 22.5 Å². The molecule has 2 saturated heterocycles. The molecule has 12 nitrogen and oxygen atoms in total. The third-order valence-corrected chi connectivity index (χ3v) is 15.6. The molecular formula is C54H76Cl4N8O4. The Balaban J connectivity index is 0.000000206. The van der Waals surface area contributed by atoms with E-state index in [1.165, 1.54) is 51.4 Å². The van der Waals surface area contributed by atoms with Gasteiger partial charge in [0, 0.05) is 113 Å². The van der Waals surface area contributed by atoms with E-state index in [2.05, 4.69) is 57.2 Å². The average Bonchev–Trinajstić information content (AvgIpc) is 3.37. The maximum absolute atomic E-state index is 6.58. The number of halogens is 4. The Bertz CT molecular complexity index is 2050. The predicted octanol–water partition coefficient (Wildman–Crippen LogP) is 12.0. The van der Waals surface area contributed by atoms with Crippen molar-refractivity contribution in [2.24, 2.45) is 23.7 Å². The smallest absolute Gasteiger partial charge is 0.126 e. The van der Waals surface area contributed by atoms with Crippen LogP contribution in [0, 0.1) is 23.7 Å². The van der Waals surface area contributed by atoms with Gasteiger partial charge in [-0.2, -0.15) is 0 Å². The summed E-state index contributed by atoms with van der Waals surface area (Å²) < 4.78 is 21.4. The van der Waals surface area contributed by atoms with Gasteiger partial charge < -0.3 is 40.2 Å². The lowest BCUT2D eigenvalue weighted by atomic mass is 9.83. The van der Waals surface area contributed by atoms with Crippen LogP contribution in [0.1, 0.15) is 102 Å². The van der Waals surface area contributed by atoms with E-state index in [9.17, 15) is 0 Å². The number of nitrogens with zero attached hydrogens (tertiary/aromatic N) is 4. The molecule has 0 unspecified atom stereocenters. The number of ether oxygens (including phenoxy) is 4. The van der Waals surface area contributed by atoms with Crippen molar-refractivity contribution in [3.8, 4) is 22.5 Å². The molecule has 0 spiro atoms. The summed E-state index contributed by atoms with van der Waals surface area (Å²) >= 11 is 26.3. The zero-order valence-corrected chi connectivity index (χ0v) is 44.8. The van der Waals surface area contributed by atoms with Crippen LogP contribution in [0.2, 0.25) is 20.1 Å². The topological polar surface area (TPSA) is 137 Å². The summed E-state index contributed by atoms with van der Waals surface area (Å²) in [6, 6.07) is 13.7. The van der Waals surface area contributed by atoms with Crippen molar-refractivity contribution in [1.29, 1.82) is 0 Å². The quantitative estimate of drug-likeness (QED) is 0.0671. The van der Waals surface area contributed by atoms with Crippen LogP contribution in [0.3, 0.4) is 0 Å². The SMILES string of the molecule is COC[C@@H](C)NC1CCC(Cc2cc(-c3nc(NCC4CCOCC4)ccc3Cl)c(Cl)cn2)CC1.COC[C@@H](C)NC1CCC(Cc2cc(-c3nc(NCC4CCOCC4)ccc3Cl)c(Cl)cn2)CC1. The number of anilines is 2. The summed E-state index contributed by atoms with van der Waals surface area (Å²) in [5.41, 5.74) is 5.20. The normalized spacial score (nSPS) is 22.2. The first-order chi connectivity index (χ1) is 34.0. The van der Waals surface area contributed by atoms with Crippen molar-refractivity contribution < 1.29 is 18.9 Å². The molecule has 2 aliphatic heterocycles. The predicted molar refractivity (Wildman–Crippen MR) is 287 cm³/mol. The second kappa shape index (κ2) is 28.5. The van der Waals surface area contributed by atoms with Crippen LogP contribution in [0.4, 0.5) is 11.6 Å². The van der Waals surface area contributed by atoms with Crippen molar-refractivity contribution in [2.45, 2.75) is 128 Å². The second-order valence-electron chi connectivity index (χ2n) is 20.1. The van der Waals surface area contributed by atoms with Crippen molar-refractivity contribution in [3.05, 3.63) is 80.3 Å². The van der Waals surface area contributed by atoms with Gasteiger partial charge in [-0.15, -0.1) is 0 Å². The fourth-order valence-electron chi connectivity index (χ4n) is 10.5. The number of pyridine rings is 4. The molecule has 0 aromatic carbocycles. The summed E-state index contributed by atoms with van der Waals surface area (Å²) in [5, 5.41) is 16.7. The standard InChI is InChI=1S/2C27H38Cl2N4O2/c2*1-18(17-34-2)32-21-5-3-19(4-6-21)13-22-14-23(25(29)16-30-22)27-24(28)7-8-26(33-27)31-15-20-9-11-35-12-10-20/h2*7-8,14,16,18-21,32H,3-6,9-13,15,17H2,1-2H3,(H,31,33)/t2*18-,19?,21?/m11/s1. The first-order valence-electron chi connectivity index (χ1n) is 25.8. The zero-order chi connectivity index (χ0) is 49.2. The first-order valence-corrected chi connectivity index (χ1v) is 27.3. The lowest BCUT2D eigenvalue weighted by Gasteiger charge is -2.31. The molecule has 4 aromatic rings. The van der Waals surface area contributed by atoms with E-state index in [-0.39, 0.29) is 0 Å². The van der Waals surface area contributed by atoms with Gasteiger partial charge in [-0.3, -0.25) is 9.97 Å². The molecule has 4 fully saturated rings. The maximum Gasteiger partial charge on any atom is 0.126 e. The highest BCUT2D eigenvalue weighted by atomic mass is 35.5. The number of methoxy groups -OCH3 is 2. The molecule has 4 aromatic heterocycles. The van der Waals surface area contributed by atoms with Crippen LogP contribution in [-0.2, 0) is 31.8 Å². The number of hydrogen-bond donors (Lipinski definition) is 4. The molecule has 2 saturated carbocycles. The minimum atomic E-state index is 0.390. The molecule has 2 atom stereocenters. The Morgan fingerprint density at radius 2 is 0.914 bits per heavy atom. The molecule has 8 rings (SSSR count). The van der Waals surface area contributed by atoms with E-state index >= 15 is 0 Å². The van der Waals surface area contributed by atoms with E-state index in [4.69, 9.17) is 75.3 Å². The molecule has 16 heteroatoms. The summed E-state index contributed by atoms with van der Waals surface area (Å²) in [6.07, 6.45) is 19.2. The van der Waals surface area contributed by atoms with Gasteiger partial charge in [0.2, 0.25) is 0 Å². The van der Waals surface area contributed by atoms with Crippen LogP contribution < -0.4 is 21.3 Å². The van der Waals surface area contributed by atoms with Gasteiger partial charge >= 0.3 is 0 Å². The van der Waals surface area contributed by atoms with Crippen LogP contribution in [-0.4, -0.2) is 111 Å². The van der Waals surface area contributed by atoms with Gasteiger partial charge in [-0.1, -0.05) is 46.4 Å². The molecule has 4 N–H and O–H groups in total. The molecular weight excluding hydrogens is 966 g/mol. The Morgan fingerprint density at radius 3 is 1.29 bits per heavy atom. The minimum absolute atomic E-state index is 0.390. The van der Waals surface area contributed by atoms with Gasteiger partial charge in [0.15, 0.2) is 0 Å². The second-order valence-corrected chi connectivity index (χ2v) is 21.8. The number of nitrogens with one attached hydrogen (secondary N) is 4. The van der Waals surface area contributed by atoms with Gasteiger partial charge in [0.05, 0.1) is 44.7 Å². The Morgan fingerprint density at radius 1 is 0.529 bits per heavy atom. The van der Waals surface area contributed by atoms with Crippen molar-refractivity contribution in [1.82, 2.24) is 30.6 Å². The third-order valence-electron chi connectivity index (χ3n) is 14.4. The molecule has 2 aliphatic carbocycles. The largest absolute Gasteiger partial charge is 0.383 e. The zero-order valence-electron chi connectivity index (χ0n) is 41.7. The van der Waals surface area contributed by atoms with E-state index < -0.39 is 0 Å². The molecule has 0 amide bonds. The van der Waals surface area contributed by atoms with Crippen molar-refractivity contribution in [3.63, 3.8) is 0 Å². The van der Waals surface area contributed by atoms with Crippen molar-refractivity contribution in [2.75, 3.05) is 77.6 Å². The van der Waals surface area contributed by atoms with E-state index in [0.29, 0.717) is 79.3 Å². The molecule has 4 aliphatic rings. The molecule has 6 heterocycles. The molecule has 384 valence electrons. The summed E-state index contributed by atoms with van der Waals surface area (Å²) in [7, 11) is 3.51. The van der Waals surface area contributed by atoms with Gasteiger partial charge in [0.1, 0.15) is 11.6 Å². The van der Waals surface area contributed by atoms with Crippen LogP contribution in [0.15, 0.2) is 48.8 Å². The lowest BCUT2D eigenvalue weighted by Crippen LogP contribution is -2.41. The highest BCUT2D eigenvalue weighted by Crippen LogP contribution is 2.37. The van der Waals surface area contributed by atoms with Crippen LogP contribution >= 0.6 is 46.4 Å². The van der Waals surface area contributed by atoms with E-state index in [1.807, 2.05) is 24.3 Å². The Kier molecular flexibility index (Phi) is 22.4. The highest BCUT2D eigenvalue weighted by Gasteiger charge is 2.26. The van der Waals surface area contributed by atoms with Crippen molar-refractivity contribution >= 4 is 58.0 Å². The van der Waals surface area contributed by atoms with Gasteiger partial charge in [0.25, 0.3) is 0 Å². The Hall–Kier alpha value is -2.88. The number of hydrogen-bond acceptors (Lipinski definition) is 12. The summed E-state index contributed by atoms with van der Waals surface area (Å²) in [6.45, 7) is 11.0. The minimum Gasteiger partial charge on any atom is -0.383 e. The summed E-state index contributed by atoms with van der Waals surface area (Å²) in [5.74, 6) is 4.10. The molecule has 0 bridgehead atoms. The average molecular weight is 1040 g/mol. The van der Waals surface area contributed by atoms with Gasteiger partial charge in [-0.25, -0.2) is 9.97 Å². The third kappa shape index (κ3) is 17.1. The Labute approximate surface area is 437 Å². The monoisotopic (exact) mass is 1040 g/mol. The maximum atomic E-state index is 6.58. The molecule has 70 heavy (non-hydrogen) atoms. The fraction of sp³-hybridized carbons (Fsp3) is 0.630. The van der Waals surface area contributed by atoms with E-state index in [0.717, 1.165) is 125 Å². The van der Waals surface area contributed by atoms with Gasteiger partial charge in [-0.05, 0) is 164 Å². The van der Waals surface area contributed by atoms with Crippen LogP contribution in [0.5, 0.6) is 0 Å². The number of aromatic nitrogens is 4. The molecule has 0 radical (unpaired) electrons.